The standard InChI is InChI=1S/C15H28ClN3O/c1-7-19-12(13(16)11(2)18-19)10-15(6,20)8-9-17-14(3,4)5/h17,20H,7-10H2,1-6H3. The van der Waals surface area contributed by atoms with Crippen LogP contribution in [0, 0.1) is 6.92 Å². The third-order valence-corrected chi connectivity index (χ3v) is 3.81. The van der Waals surface area contributed by atoms with Gasteiger partial charge in [-0.25, -0.2) is 0 Å². The predicted molar refractivity (Wildman–Crippen MR) is 84.3 cm³/mol. The van der Waals surface area contributed by atoms with E-state index in [1.54, 1.807) is 0 Å². The lowest BCUT2D eigenvalue weighted by atomic mass is 9.95. The molecule has 1 unspecified atom stereocenters. The molecule has 116 valence electrons. The van der Waals surface area contributed by atoms with Crippen molar-refractivity contribution in [3.05, 3.63) is 16.4 Å². The summed E-state index contributed by atoms with van der Waals surface area (Å²) in [5, 5.41) is 19.0. The Bertz CT molecular complexity index is 447. The Hall–Kier alpha value is -0.580. The Morgan fingerprint density at radius 2 is 1.90 bits per heavy atom. The molecular formula is C15H28ClN3O. The second-order valence-electron chi connectivity index (χ2n) is 6.76. The van der Waals surface area contributed by atoms with Crippen molar-refractivity contribution < 1.29 is 5.11 Å². The summed E-state index contributed by atoms with van der Waals surface area (Å²) < 4.78 is 1.88. The summed E-state index contributed by atoms with van der Waals surface area (Å²) in [5.74, 6) is 0. The van der Waals surface area contributed by atoms with E-state index in [4.69, 9.17) is 11.6 Å². The first kappa shape index (κ1) is 17.5. The van der Waals surface area contributed by atoms with Crippen molar-refractivity contribution in [2.24, 2.45) is 0 Å². The SMILES string of the molecule is CCn1nc(C)c(Cl)c1CC(C)(O)CCNC(C)(C)C. The maximum atomic E-state index is 10.6. The second kappa shape index (κ2) is 6.46. The van der Waals surface area contributed by atoms with Crippen molar-refractivity contribution in [1.29, 1.82) is 0 Å². The molecule has 0 aliphatic rings. The van der Waals surface area contributed by atoms with Gasteiger partial charge in [0.05, 0.1) is 22.0 Å². The average molecular weight is 302 g/mol. The maximum absolute atomic E-state index is 10.6. The van der Waals surface area contributed by atoms with Crippen LogP contribution in [-0.2, 0) is 13.0 Å². The fourth-order valence-electron chi connectivity index (χ4n) is 2.19. The smallest absolute Gasteiger partial charge is 0.0848 e. The highest BCUT2D eigenvalue weighted by molar-refractivity contribution is 6.31. The fraction of sp³-hybridized carbons (Fsp3) is 0.800. The normalized spacial score (nSPS) is 15.4. The summed E-state index contributed by atoms with van der Waals surface area (Å²) in [6, 6.07) is 0. The minimum Gasteiger partial charge on any atom is -0.390 e. The van der Waals surface area contributed by atoms with Crippen molar-refractivity contribution in [2.75, 3.05) is 6.54 Å². The number of rotatable bonds is 6. The first-order valence-corrected chi connectivity index (χ1v) is 7.63. The molecule has 1 aromatic rings. The van der Waals surface area contributed by atoms with Crippen LogP contribution in [-0.4, -0.2) is 32.6 Å². The number of halogens is 1. The Morgan fingerprint density at radius 1 is 1.30 bits per heavy atom. The molecule has 0 bridgehead atoms. The molecular weight excluding hydrogens is 274 g/mol. The molecule has 1 aromatic heterocycles. The lowest BCUT2D eigenvalue weighted by Crippen LogP contribution is -2.40. The van der Waals surface area contributed by atoms with E-state index in [2.05, 4.69) is 31.2 Å². The molecule has 0 spiro atoms. The van der Waals surface area contributed by atoms with Gasteiger partial charge in [0, 0.05) is 18.5 Å². The highest BCUT2D eigenvalue weighted by Crippen LogP contribution is 2.26. The number of aromatic nitrogens is 2. The molecule has 20 heavy (non-hydrogen) atoms. The Kier molecular flexibility index (Phi) is 5.64. The van der Waals surface area contributed by atoms with Gasteiger partial charge in [0.1, 0.15) is 0 Å². The van der Waals surface area contributed by atoms with Crippen molar-refractivity contribution in [3.8, 4) is 0 Å². The third-order valence-electron chi connectivity index (χ3n) is 3.32. The van der Waals surface area contributed by atoms with Gasteiger partial charge in [0.25, 0.3) is 0 Å². The highest BCUT2D eigenvalue weighted by atomic mass is 35.5. The number of aliphatic hydroxyl groups is 1. The summed E-state index contributed by atoms with van der Waals surface area (Å²) in [5.41, 5.74) is 1.02. The van der Waals surface area contributed by atoms with Gasteiger partial charge >= 0.3 is 0 Å². The summed E-state index contributed by atoms with van der Waals surface area (Å²) >= 11 is 6.30. The van der Waals surface area contributed by atoms with E-state index in [9.17, 15) is 5.11 Å². The number of hydrogen-bond donors (Lipinski definition) is 2. The number of nitrogens with one attached hydrogen (secondary N) is 1. The van der Waals surface area contributed by atoms with Crippen molar-refractivity contribution in [1.82, 2.24) is 15.1 Å². The van der Waals surface area contributed by atoms with Crippen LogP contribution in [0.4, 0.5) is 0 Å². The fourth-order valence-corrected chi connectivity index (χ4v) is 2.40. The summed E-state index contributed by atoms with van der Waals surface area (Å²) in [6.07, 6.45) is 1.20. The van der Waals surface area contributed by atoms with E-state index in [1.807, 2.05) is 25.5 Å². The predicted octanol–water partition coefficient (Wildman–Crippen LogP) is 2.94. The topological polar surface area (TPSA) is 50.1 Å². The van der Waals surface area contributed by atoms with Crippen molar-refractivity contribution in [3.63, 3.8) is 0 Å². The van der Waals surface area contributed by atoms with Crippen molar-refractivity contribution in [2.45, 2.75) is 72.1 Å². The van der Waals surface area contributed by atoms with E-state index in [0.717, 1.165) is 24.5 Å². The molecule has 0 aliphatic carbocycles. The first-order chi connectivity index (χ1) is 9.06. The molecule has 0 saturated heterocycles. The largest absolute Gasteiger partial charge is 0.390 e. The van der Waals surface area contributed by atoms with Crippen LogP contribution in [0.3, 0.4) is 0 Å². The van der Waals surface area contributed by atoms with Crippen LogP contribution in [0.5, 0.6) is 0 Å². The lowest BCUT2D eigenvalue weighted by molar-refractivity contribution is 0.0479. The van der Waals surface area contributed by atoms with Gasteiger partial charge in [-0.3, -0.25) is 4.68 Å². The van der Waals surface area contributed by atoms with Gasteiger partial charge in [-0.1, -0.05) is 11.6 Å². The molecule has 0 radical (unpaired) electrons. The van der Waals surface area contributed by atoms with Gasteiger partial charge in [0.2, 0.25) is 0 Å². The second-order valence-corrected chi connectivity index (χ2v) is 7.14. The molecule has 0 fully saturated rings. The molecule has 5 heteroatoms. The van der Waals surface area contributed by atoms with Gasteiger partial charge in [0.15, 0.2) is 0 Å². The van der Waals surface area contributed by atoms with Crippen LogP contribution in [0.2, 0.25) is 5.02 Å². The molecule has 1 atom stereocenters. The summed E-state index contributed by atoms with van der Waals surface area (Å²) in [6.45, 7) is 13.7. The van der Waals surface area contributed by atoms with Gasteiger partial charge in [-0.15, -0.1) is 0 Å². The van der Waals surface area contributed by atoms with E-state index in [0.29, 0.717) is 17.9 Å². The molecule has 0 aliphatic heterocycles. The van der Waals surface area contributed by atoms with E-state index < -0.39 is 5.60 Å². The number of nitrogens with zero attached hydrogens (tertiary/aromatic N) is 2. The van der Waals surface area contributed by atoms with Gasteiger partial charge < -0.3 is 10.4 Å². The van der Waals surface area contributed by atoms with Crippen LogP contribution < -0.4 is 5.32 Å². The Morgan fingerprint density at radius 3 is 2.40 bits per heavy atom. The summed E-state index contributed by atoms with van der Waals surface area (Å²) in [4.78, 5) is 0. The highest BCUT2D eigenvalue weighted by Gasteiger charge is 2.26. The lowest BCUT2D eigenvalue weighted by Gasteiger charge is -2.27. The van der Waals surface area contributed by atoms with Gasteiger partial charge in [-0.2, -0.15) is 5.10 Å². The minimum atomic E-state index is -0.790. The maximum Gasteiger partial charge on any atom is 0.0848 e. The number of aryl methyl sites for hydroxylation is 2. The van der Waals surface area contributed by atoms with Crippen LogP contribution in [0.25, 0.3) is 0 Å². The molecule has 2 N–H and O–H groups in total. The quantitative estimate of drug-likeness (QED) is 0.849. The average Bonchev–Trinajstić information content (AvgIpc) is 2.54. The van der Waals surface area contributed by atoms with E-state index in [1.165, 1.54) is 0 Å². The van der Waals surface area contributed by atoms with E-state index >= 15 is 0 Å². The zero-order valence-electron chi connectivity index (χ0n) is 13.5. The Balaban J connectivity index is 2.71. The third kappa shape index (κ3) is 5.08. The molecule has 1 rings (SSSR count). The van der Waals surface area contributed by atoms with E-state index in [-0.39, 0.29) is 5.54 Å². The monoisotopic (exact) mass is 301 g/mol. The molecule has 0 saturated carbocycles. The Labute approximate surface area is 127 Å². The van der Waals surface area contributed by atoms with Crippen molar-refractivity contribution >= 4 is 11.6 Å². The number of hydrogen-bond acceptors (Lipinski definition) is 3. The van der Waals surface area contributed by atoms with Crippen LogP contribution >= 0.6 is 11.6 Å². The van der Waals surface area contributed by atoms with Crippen LogP contribution in [0.1, 0.15) is 52.4 Å². The van der Waals surface area contributed by atoms with Gasteiger partial charge in [-0.05, 0) is 54.5 Å². The zero-order chi connectivity index (χ0) is 15.6. The molecule has 1 heterocycles. The molecule has 0 aromatic carbocycles. The minimum absolute atomic E-state index is 0.0650. The molecule has 0 amide bonds. The first-order valence-electron chi connectivity index (χ1n) is 7.25. The molecule has 4 nitrogen and oxygen atoms in total. The van der Waals surface area contributed by atoms with Crippen LogP contribution in [0.15, 0.2) is 0 Å². The zero-order valence-corrected chi connectivity index (χ0v) is 14.3. The summed E-state index contributed by atoms with van der Waals surface area (Å²) in [7, 11) is 0.